The van der Waals surface area contributed by atoms with Gasteiger partial charge in [0.1, 0.15) is 0 Å². The molecule has 5 heteroatoms. The minimum absolute atomic E-state index is 0.0341. The summed E-state index contributed by atoms with van der Waals surface area (Å²) in [6, 6.07) is 0.730. The van der Waals surface area contributed by atoms with E-state index in [2.05, 4.69) is 41.3 Å². The van der Waals surface area contributed by atoms with Crippen molar-refractivity contribution in [2.24, 2.45) is 5.92 Å². The van der Waals surface area contributed by atoms with E-state index in [1.165, 1.54) is 6.54 Å². The van der Waals surface area contributed by atoms with Gasteiger partial charge in [0.2, 0.25) is 0 Å². The number of piperidine rings is 2. The first-order valence-electron chi connectivity index (χ1n) is 8.51. The van der Waals surface area contributed by atoms with Crippen molar-refractivity contribution in [3.63, 3.8) is 0 Å². The number of nitrogens with one attached hydrogen (secondary N) is 2. The van der Waals surface area contributed by atoms with Crippen molar-refractivity contribution in [3.05, 3.63) is 0 Å². The molecule has 2 fully saturated rings. The third kappa shape index (κ3) is 5.83. The van der Waals surface area contributed by atoms with Gasteiger partial charge in [0.15, 0.2) is 0 Å². The zero-order chi connectivity index (χ0) is 15.2. The number of hydrogen-bond acceptors (Lipinski definition) is 3. The van der Waals surface area contributed by atoms with Crippen molar-refractivity contribution in [2.45, 2.75) is 51.6 Å². The topological polar surface area (TPSA) is 47.6 Å². The highest BCUT2D eigenvalue weighted by Gasteiger charge is 2.23. The average molecular weight is 296 g/mol. The van der Waals surface area contributed by atoms with Crippen molar-refractivity contribution < 1.29 is 4.79 Å². The van der Waals surface area contributed by atoms with Crippen molar-refractivity contribution in [1.82, 2.24) is 20.4 Å². The van der Waals surface area contributed by atoms with E-state index in [1.54, 1.807) is 0 Å². The smallest absolute Gasteiger partial charge is 0.315 e. The van der Waals surface area contributed by atoms with Gasteiger partial charge in [-0.2, -0.15) is 0 Å². The molecule has 0 radical (unpaired) electrons. The van der Waals surface area contributed by atoms with Gasteiger partial charge in [0.25, 0.3) is 0 Å². The molecule has 0 aromatic rings. The summed E-state index contributed by atoms with van der Waals surface area (Å²) in [5.74, 6) is 0.724. The Morgan fingerprint density at radius 2 is 1.48 bits per heavy atom. The Hall–Kier alpha value is -0.810. The highest BCUT2D eigenvalue weighted by molar-refractivity contribution is 5.74. The molecule has 0 atom stereocenters. The van der Waals surface area contributed by atoms with Crippen LogP contribution < -0.4 is 10.6 Å². The van der Waals surface area contributed by atoms with Gasteiger partial charge in [-0.25, -0.2) is 4.79 Å². The molecule has 0 unspecified atom stereocenters. The Morgan fingerprint density at radius 3 is 1.95 bits per heavy atom. The number of nitrogens with zero attached hydrogens (tertiary/aromatic N) is 2. The lowest BCUT2D eigenvalue weighted by atomic mass is 10.0. The van der Waals surface area contributed by atoms with Crippen LogP contribution in [0, 0.1) is 5.92 Å². The molecule has 2 N–H and O–H groups in total. The molecule has 0 bridgehead atoms. The van der Waals surface area contributed by atoms with Crippen LogP contribution in [0.15, 0.2) is 0 Å². The maximum absolute atomic E-state index is 12.1. The van der Waals surface area contributed by atoms with Crippen LogP contribution in [0.25, 0.3) is 0 Å². The molecule has 2 aliphatic rings. The van der Waals surface area contributed by atoms with E-state index >= 15 is 0 Å². The van der Waals surface area contributed by atoms with Crippen LogP contribution in [0.3, 0.4) is 0 Å². The van der Waals surface area contributed by atoms with E-state index in [0.29, 0.717) is 12.1 Å². The summed E-state index contributed by atoms with van der Waals surface area (Å²) in [7, 11) is 2.14. The molecule has 5 nitrogen and oxygen atoms in total. The lowest BCUT2D eigenvalue weighted by molar-refractivity contribution is 0.174. The molecule has 2 saturated heterocycles. The fraction of sp³-hybridized carbons (Fsp3) is 0.938. The number of carbonyl (C=O) groups excluding carboxylic acids is 1. The van der Waals surface area contributed by atoms with Gasteiger partial charge in [-0.3, -0.25) is 0 Å². The van der Waals surface area contributed by atoms with Gasteiger partial charge in [0.05, 0.1) is 0 Å². The van der Waals surface area contributed by atoms with E-state index in [0.717, 1.165) is 57.8 Å². The quantitative estimate of drug-likeness (QED) is 0.826. The Balaban J connectivity index is 1.63. The van der Waals surface area contributed by atoms with Gasteiger partial charge >= 0.3 is 6.03 Å². The first-order valence-corrected chi connectivity index (χ1v) is 8.51. The predicted octanol–water partition coefficient (Wildman–Crippen LogP) is 1.50. The van der Waals surface area contributed by atoms with Crippen molar-refractivity contribution in [1.29, 1.82) is 0 Å². The predicted molar refractivity (Wildman–Crippen MR) is 86.5 cm³/mol. The highest BCUT2D eigenvalue weighted by atomic mass is 16.2. The fourth-order valence-electron chi connectivity index (χ4n) is 3.34. The van der Waals surface area contributed by atoms with Crippen LogP contribution in [-0.4, -0.2) is 67.7 Å². The SMILES string of the molecule is CC(C)CN1CCC(NC(=O)NC2CCN(C)CC2)CC1. The number of amides is 2. The van der Waals surface area contributed by atoms with Crippen LogP contribution in [0.2, 0.25) is 0 Å². The fourth-order valence-corrected chi connectivity index (χ4v) is 3.34. The largest absolute Gasteiger partial charge is 0.335 e. The molecular formula is C16H32N4O. The minimum atomic E-state index is 0.0341. The molecule has 2 rings (SSSR count). The average Bonchev–Trinajstić information content (AvgIpc) is 2.43. The van der Waals surface area contributed by atoms with Gasteiger partial charge in [-0.05, 0) is 51.7 Å². The Kier molecular flexibility index (Phi) is 6.30. The second kappa shape index (κ2) is 7.99. The molecule has 2 aliphatic heterocycles. The van der Waals surface area contributed by atoms with Crippen LogP contribution in [0.5, 0.6) is 0 Å². The van der Waals surface area contributed by atoms with Crippen LogP contribution in [-0.2, 0) is 0 Å². The Labute approximate surface area is 129 Å². The molecule has 0 aromatic heterocycles. The molecule has 0 aromatic carbocycles. The lowest BCUT2D eigenvalue weighted by Crippen LogP contribution is -2.52. The number of carbonyl (C=O) groups is 1. The summed E-state index contributed by atoms with van der Waals surface area (Å²) in [6.45, 7) is 10.1. The van der Waals surface area contributed by atoms with Gasteiger partial charge < -0.3 is 20.4 Å². The Bertz CT molecular complexity index is 318. The summed E-state index contributed by atoms with van der Waals surface area (Å²) in [5.41, 5.74) is 0. The van der Waals surface area contributed by atoms with E-state index in [1.807, 2.05) is 0 Å². The number of urea groups is 1. The van der Waals surface area contributed by atoms with E-state index in [-0.39, 0.29) is 6.03 Å². The second-order valence-electron chi connectivity index (χ2n) is 7.16. The zero-order valence-electron chi connectivity index (χ0n) is 13.9. The number of rotatable bonds is 4. The molecule has 122 valence electrons. The molecular weight excluding hydrogens is 264 g/mol. The van der Waals surface area contributed by atoms with Gasteiger partial charge in [0, 0.05) is 31.7 Å². The summed E-state index contributed by atoms with van der Waals surface area (Å²) in [4.78, 5) is 16.9. The normalized spacial score (nSPS) is 23.4. The van der Waals surface area contributed by atoms with Crippen molar-refractivity contribution in [3.8, 4) is 0 Å². The molecule has 2 amide bonds. The Morgan fingerprint density at radius 1 is 1.00 bits per heavy atom. The molecule has 2 heterocycles. The van der Waals surface area contributed by atoms with Gasteiger partial charge in [-0.1, -0.05) is 13.8 Å². The van der Waals surface area contributed by atoms with Crippen molar-refractivity contribution >= 4 is 6.03 Å². The number of likely N-dealkylation sites (tertiary alicyclic amines) is 2. The maximum atomic E-state index is 12.1. The van der Waals surface area contributed by atoms with Crippen LogP contribution in [0.1, 0.15) is 39.5 Å². The molecule has 21 heavy (non-hydrogen) atoms. The summed E-state index contributed by atoms with van der Waals surface area (Å²) >= 11 is 0. The standard InChI is InChI=1S/C16H32N4O/c1-13(2)12-20-10-6-15(7-11-20)18-16(21)17-14-4-8-19(3)9-5-14/h13-15H,4-12H2,1-3H3,(H2,17,18,21). The van der Waals surface area contributed by atoms with Crippen LogP contribution >= 0.6 is 0 Å². The monoisotopic (exact) mass is 296 g/mol. The van der Waals surface area contributed by atoms with E-state index < -0.39 is 0 Å². The third-order valence-electron chi connectivity index (χ3n) is 4.60. The molecule has 0 aliphatic carbocycles. The first-order chi connectivity index (χ1) is 10.0. The van der Waals surface area contributed by atoms with E-state index in [9.17, 15) is 4.79 Å². The zero-order valence-corrected chi connectivity index (χ0v) is 13.9. The van der Waals surface area contributed by atoms with Gasteiger partial charge in [-0.15, -0.1) is 0 Å². The third-order valence-corrected chi connectivity index (χ3v) is 4.60. The van der Waals surface area contributed by atoms with Crippen molar-refractivity contribution in [2.75, 3.05) is 39.8 Å². The summed E-state index contributed by atoms with van der Waals surface area (Å²) in [6.07, 6.45) is 4.29. The molecule has 0 spiro atoms. The maximum Gasteiger partial charge on any atom is 0.315 e. The summed E-state index contributed by atoms with van der Waals surface area (Å²) in [5, 5.41) is 6.30. The summed E-state index contributed by atoms with van der Waals surface area (Å²) < 4.78 is 0. The first kappa shape index (κ1) is 16.6. The van der Waals surface area contributed by atoms with Crippen LogP contribution in [0.4, 0.5) is 4.79 Å². The minimum Gasteiger partial charge on any atom is -0.335 e. The second-order valence-corrected chi connectivity index (χ2v) is 7.16. The highest BCUT2D eigenvalue weighted by Crippen LogP contribution is 2.12. The molecule has 0 saturated carbocycles. The van der Waals surface area contributed by atoms with E-state index in [4.69, 9.17) is 0 Å². The lowest BCUT2D eigenvalue weighted by Gasteiger charge is -2.34. The number of hydrogen-bond donors (Lipinski definition) is 2.